The highest BCUT2D eigenvalue weighted by Crippen LogP contribution is 2.45. The Morgan fingerprint density at radius 2 is 2.18 bits per heavy atom. The number of anilines is 1. The minimum atomic E-state index is -0.552. The normalized spacial score (nSPS) is 22.1. The number of nitro groups is 1. The molecule has 1 saturated heterocycles. The lowest BCUT2D eigenvalue weighted by atomic mass is 9.89. The average molecular weight is 235 g/mol. The van der Waals surface area contributed by atoms with Crippen LogP contribution in [0.1, 0.15) is 12.8 Å². The first-order valence-corrected chi connectivity index (χ1v) is 5.66. The maximum atomic E-state index is 10.5. The van der Waals surface area contributed by atoms with E-state index in [9.17, 15) is 15.2 Å². The number of hydrogen-bond donors (Lipinski definition) is 1. The first-order chi connectivity index (χ1) is 8.08. The van der Waals surface area contributed by atoms with Gasteiger partial charge < -0.3 is 10.0 Å². The van der Waals surface area contributed by atoms with Crippen molar-refractivity contribution in [1.29, 1.82) is 0 Å². The highest BCUT2D eigenvalue weighted by Gasteiger charge is 2.52. The quantitative estimate of drug-likeness (QED) is 0.623. The lowest BCUT2D eigenvalue weighted by molar-refractivity contribution is -0.385. The fourth-order valence-corrected chi connectivity index (χ4v) is 2.33. The van der Waals surface area contributed by atoms with Crippen LogP contribution in [0, 0.1) is 16.0 Å². The third-order valence-corrected chi connectivity index (χ3v) is 3.53. The molecule has 0 spiro atoms. The zero-order valence-corrected chi connectivity index (χ0v) is 9.24. The molecule has 1 aromatic rings. The van der Waals surface area contributed by atoms with Crippen LogP contribution in [0.5, 0.6) is 0 Å². The monoisotopic (exact) mass is 235 g/mol. The summed E-state index contributed by atoms with van der Waals surface area (Å²) in [6.45, 7) is 1.17. The van der Waals surface area contributed by atoms with Gasteiger partial charge in [-0.05, 0) is 24.8 Å². The van der Waals surface area contributed by atoms with Crippen molar-refractivity contribution in [1.82, 2.24) is 4.98 Å². The Kier molecular flexibility index (Phi) is 2.09. The summed E-state index contributed by atoms with van der Waals surface area (Å²) in [7, 11) is 0. The van der Waals surface area contributed by atoms with E-state index in [0.29, 0.717) is 24.8 Å². The molecule has 1 saturated carbocycles. The van der Waals surface area contributed by atoms with Gasteiger partial charge in [0.25, 0.3) is 5.69 Å². The molecular formula is C11H13N3O3. The van der Waals surface area contributed by atoms with Crippen molar-refractivity contribution in [2.75, 3.05) is 18.0 Å². The summed E-state index contributed by atoms with van der Waals surface area (Å²) in [4.78, 5) is 16.0. The van der Waals surface area contributed by atoms with Crippen molar-refractivity contribution in [3.63, 3.8) is 0 Å². The third-order valence-electron chi connectivity index (χ3n) is 3.53. The lowest BCUT2D eigenvalue weighted by Gasteiger charge is -2.47. The summed E-state index contributed by atoms with van der Waals surface area (Å²) in [5.41, 5.74) is -0.560. The van der Waals surface area contributed by atoms with E-state index >= 15 is 0 Å². The van der Waals surface area contributed by atoms with Crippen molar-refractivity contribution in [2.45, 2.75) is 18.4 Å². The predicted molar refractivity (Wildman–Crippen MR) is 60.8 cm³/mol. The molecule has 2 aliphatic rings. The Hall–Kier alpha value is -1.69. The first kappa shape index (κ1) is 10.5. The molecule has 6 heteroatoms. The summed E-state index contributed by atoms with van der Waals surface area (Å²) in [5, 5.41) is 20.6. The van der Waals surface area contributed by atoms with Crippen molar-refractivity contribution >= 4 is 11.5 Å². The van der Waals surface area contributed by atoms with Gasteiger partial charge in [0.05, 0.1) is 18.0 Å². The second-order valence-electron chi connectivity index (χ2n) is 4.87. The Bertz CT molecular complexity index is 450. The number of rotatable bonds is 3. The molecule has 0 radical (unpaired) electrons. The van der Waals surface area contributed by atoms with Crippen LogP contribution in [0.15, 0.2) is 18.3 Å². The van der Waals surface area contributed by atoms with Gasteiger partial charge in [-0.1, -0.05) is 0 Å². The van der Waals surface area contributed by atoms with Crippen LogP contribution in [0.3, 0.4) is 0 Å². The molecule has 0 bridgehead atoms. The second kappa shape index (κ2) is 3.40. The van der Waals surface area contributed by atoms with Crippen LogP contribution < -0.4 is 4.90 Å². The molecular weight excluding hydrogens is 222 g/mol. The fourth-order valence-electron chi connectivity index (χ4n) is 2.33. The van der Waals surface area contributed by atoms with Gasteiger partial charge >= 0.3 is 0 Å². The molecule has 17 heavy (non-hydrogen) atoms. The van der Waals surface area contributed by atoms with E-state index in [0.717, 1.165) is 12.8 Å². The minimum Gasteiger partial charge on any atom is -0.386 e. The van der Waals surface area contributed by atoms with Crippen molar-refractivity contribution in [2.24, 2.45) is 5.92 Å². The molecule has 1 N–H and O–H groups in total. The zero-order valence-electron chi connectivity index (χ0n) is 9.24. The van der Waals surface area contributed by atoms with E-state index in [4.69, 9.17) is 0 Å². The minimum absolute atomic E-state index is 0.00766. The molecule has 1 aromatic heterocycles. The van der Waals surface area contributed by atoms with Gasteiger partial charge in [0.15, 0.2) is 0 Å². The first-order valence-electron chi connectivity index (χ1n) is 5.66. The van der Waals surface area contributed by atoms with Gasteiger partial charge in [-0.3, -0.25) is 10.1 Å². The summed E-state index contributed by atoms with van der Waals surface area (Å²) in [6.07, 6.45) is 3.47. The van der Waals surface area contributed by atoms with E-state index in [1.165, 1.54) is 12.3 Å². The smallest absolute Gasteiger partial charge is 0.287 e. The predicted octanol–water partition coefficient (Wildman–Crippen LogP) is 0.951. The zero-order chi connectivity index (χ0) is 12.0. The van der Waals surface area contributed by atoms with Crippen LogP contribution >= 0.6 is 0 Å². The average Bonchev–Trinajstić information content (AvgIpc) is 3.09. The van der Waals surface area contributed by atoms with Gasteiger partial charge in [0.1, 0.15) is 17.6 Å². The SMILES string of the molecule is O=[N+]([O-])c1ccc(N2CC(O)(C3CC3)C2)nc1. The van der Waals surface area contributed by atoms with E-state index in [-0.39, 0.29) is 5.69 Å². The molecule has 3 rings (SSSR count). The van der Waals surface area contributed by atoms with Crippen molar-refractivity contribution in [3.8, 4) is 0 Å². The standard InChI is InChI=1S/C11H13N3O3/c15-11(8-1-2-8)6-13(7-11)10-4-3-9(5-12-10)14(16)17/h3-5,8,15H,1-2,6-7H2. The lowest BCUT2D eigenvalue weighted by Crippen LogP contribution is -2.63. The molecule has 0 amide bonds. The molecule has 0 unspecified atom stereocenters. The summed E-state index contributed by atoms with van der Waals surface area (Å²) in [5.74, 6) is 1.14. The van der Waals surface area contributed by atoms with Gasteiger partial charge in [0.2, 0.25) is 0 Å². The van der Waals surface area contributed by atoms with Crippen LogP contribution in [-0.2, 0) is 0 Å². The summed E-state index contributed by atoms with van der Waals surface area (Å²) in [6, 6.07) is 3.07. The molecule has 6 nitrogen and oxygen atoms in total. The Morgan fingerprint density at radius 3 is 2.65 bits per heavy atom. The number of aliphatic hydroxyl groups is 1. The van der Waals surface area contributed by atoms with E-state index in [2.05, 4.69) is 4.98 Å². The Labute approximate surface area is 98.0 Å². The summed E-state index contributed by atoms with van der Waals surface area (Å²) < 4.78 is 0. The number of aromatic nitrogens is 1. The van der Waals surface area contributed by atoms with Gasteiger partial charge in [-0.2, -0.15) is 0 Å². The molecule has 0 atom stereocenters. The molecule has 1 aliphatic heterocycles. The highest BCUT2D eigenvalue weighted by atomic mass is 16.6. The molecule has 0 aromatic carbocycles. The van der Waals surface area contributed by atoms with E-state index < -0.39 is 10.5 Å². The number of nitrogens with zero attached hydrogens (tertiary/aromatic N) is 3. The Balaban J connectivity index is 1.68. The molecule has 90 valence electrons. The Morgan fingerprint density at radius 1 is 1.47 bits per heavy atom. The number of β-amino-alcohol motifs (C(OH)–C–C–N with tert-alkyl or cyclic N) is 1. The largest absolute Gasteiger partial charge is 0.386 e. The molecule has 2 heterocycles. The molecule has 1 aliphatic carbocycles. The van der Waals surface area contributed by atoms with Crippen LogP contribution in [-0.4, -0.2) is 33.7 Å². The van der Waals surface area contributed by atoms with Crippen LogP contribution in [0.4, 0.5) is 11.5 Å². The summed E-state index contributed by atoms with van der Waals surface area (Å²) >= 11 is 0. The van der Waals surface area contributed by atoms with Gasteiger partial charge in [-0.15, -0.1) is 0 Å². The topological polar surface area (TPSA) is 79.5 Å². The highest BCUT2D eigenvalue weighted by molar-refractivity contribution is 5.47. The van der Waals surface area contributed by atoms with Gasteiger partial charge in [0, 0.05) is 6.07 Å². The maximum Gasteiger partial charge on any atom is 0.287 e. The number of pyridine rings is 1. The maximum absolute atomic E-state index is 10.5. The third kappa shape index (κ3) is 1.74. The van der Waals surface area contributed by atoms with E-state index in [1.807, 2.05) is 4.90 Å². The van der Waals surface area contributed by atoms with Crippen LogP contribution in [0.25, 0.3) is 0 Å². The second-order valence-corrected chi connectivity index (χ2v) is 4.87. The molecule has 2 fully saturated rings. The van der Waals surface area contributed by atoms with Crippen molar-refractivity contribution < 1.29 is 10.0 Å². The van der Waals surface area contributed by atoms with Crippen LogP contribution in [0.2, 0.25) is 0 Å². The van der Waals surface area contributed by atoms with E-state index in [1.54, 1.807) is 6.07 Å². The fraction of sp³-hybridized carbons (Fsp3) is 0.545. The number of hydrogen-bond acceptors (Lipinski definition) is 5. The van der Waals surface area contributed by atoms with Gasteiger partial charge in [-0.25, -0.2) is 4.98 Å². The van der Waals surface area contributed by atoms with Crippen molar-refractivity contribution in [3.05, 3.63) is 28.4 Å².